The first-order chi connectivity index (χ1) is 20.0. The molecule has 9 nitrogen and oxygen atoms in total. The van der Waals surface area contributed by atoms with E-state index in [0.717, 1.165) is 16.7 Å². The number of aliphatic hydroxyl groups excluding tert-OH is 1. The lowest BCUT2D eigenvalue weighted by molar-refractivity contribution is -0.199. The smallest absolute Gasteiger partial charge is 0.167 e. The van der Waals surface area contributed by atoms with Gasteiger partial charge >= 0.3 is 0 Å². The van der Waals surface area contributed by atoms with Gasteiger partial charge in [-0.3, -0.25) is 4.57 Å². The molecule has 0 radical (unpaired) electrons. The molecule has 2 saturated heterocycles. The zero-order valence-corrected chi connectivity index (χ0v) is 22.8. The molecule has 0 saturated carbocycles. The molecule has 0 bridgehead atoms. The quantitative estimate of drug-likeness (QED) is 0.283. The highest BCUT2D eigenvalue weighted by Gasteiger charge is 2.56. The van der Waals surface area contributed by atoms with Gasteiger partial charge in [0.25, 0.3) is 0 Å². The summed E-state index contributed by atoms with van der Waals surface area (Å²) in [7, 11) is 0. The fraction of sp³-hybridized carbons (Fsp3) is 0.281. The van der Waals surface area contributed by atoms with Gasteiger partial charge in [0.15, 0.2) is 29.0 Å². The minimum Gasteiger partial charge on any atom is -0.394 e. The number of fused-ring (bicyclic) bond motifs is 2. The van der Waals surface area contributed by atoms with Crippen molar-refractivity contribution in [1.82, 2.24) is 19.5 Å². The van der Waals surface area contributed by atoms with E-state index in [1.807, 2.05) is 73.0 Å². The van der Waals surface area contributed by atoms with Crippen molar-refractivity contribution < 1.29 is 19.3 Å². The third-order valence-corrected chi connectivity index (χ3v) is 7.86. The SMILES string of the molecule is CC1(C)OC2[C@@H](O1)[C@@H](CO)O[C@H]2n1cnc2c(NC(c3ccccc3)(c3ccccc3)c3ccccc3)ncnc21. The van der Waals surface area contributed by atoms with Crippen molar-refractivity contribution in [3.63, 3.8) is 0 Å². The number of aromatic nitrogens is 4. The number of anilines is 1. The molecule has 0 amide bonds. The van der Waals surface area contributed by atoms with Crippen molar-refractivity contribution in [1.29, 1.82) is 0 Å². The predicted molar refractivity (Wildman–Crippen MR) is 153 cm³/mol. The second-order valence-corrected chi connectivity index (χ2v) is 10.8. The minimum atomic E-state index is -0.788. The van der Waals surface area contributed by atoms with Crippen LogP contribution in [-0.4, -0.2) is 55.3 Å². The summed E-state index contributed by atoms with van der Waals surface area (Å²) in [5.41, 5.74) is 3.55. The predicted octanol–water partition coefficient (Wildman–Crippen LogP) is 4.64. The van der Waals surface area contributed by atoms with Crippen LogP contribution in [0, 0.1) is 0 Å². The Balaban J connectivity index is 1.37. The Morgan fingerprint density at radius 1 is 0.805 bits per heavy atom. The molecule has 7 rings (SSSR count). The lowest BCUT2D eigenvalue weighted by atomic mass is 9.77. The first kappa shape index (κ1) is 25.8. The van der Waals surface area contributed by atoms with E-state index in [0.29, 0.717) is 17.0 Å². The summed E-state index contributed by atoms with van der Waals surface area (Å²) < 4.78 is 20.3. The van der Waals surface area contributed by atoms with Gasteiger partial charge in [0.2, 0.25) is 0 Å². The van der Waals surface area contributed by atoms with Crippen molar-refractivity contribution in [3.05, 3.63) is 120 Å². The van der Waals surface area contributed by atoms with E-state index in [1.54, 1.807) is 6.33 Å². The first-order valence-corrected chi connectivity index (χ1v) is 13.7. The van der Waals surface area contributed by atoms with Crippen molar-refractivity contribution in [2.75, 3.05) is 11.9 Å². The van der Waals surface area contributed by atoms with Crippen molar-refractivity contribution >= 4 is 17.0 Å². The summed E-state index contributed by atoms with van der Waals surface area (Å²) in [6.45, 7) is 3.55. The number of nitrogens with one attached hydrogen (secondary N) is 1. The van der Waals surface area contributed by atoms with Gasteiger partial charge in [-0.1, -0.05) is 91.0 Å². The number of nitrogens with zero attached hydrogens (tertiary/aromatic N) is 4. The number of aliphatic hydroxyl groups is 1. The lowest BCUT2D eigenvalue weighted by Crippen LogP contribution is -2.38. The van der Waals surface area contributed by atoms with Gasteiger partial charge in [0, 0.05) is 0 Å². The van der Waals surface area contributed by atoms with Crippen LogP contribution in [0.1, 0.15) is 36.8 Å². The molecule has 5 aromatic rings. The Labute approximate surface area is 237 Å². The van der Waals surface area contributed by atoms with E-state index >= 15 is 0 Å². The van der Waals surface area contributed by atoms with E-state index in [2.05, 4.69) is 46.7 Å². The Bertz CT molecular complexity index is 1550. The van der Waals surface area contributed by atoms with Crippen molar-refractivity contribution in [3.8, 4) is 0 Å². The summed E-state index contributed by atoms with van der Waals surface area (Å²) in [6, 6.07) is 31.0. The molecule has 9 heteroatoms. The zero-order valence-electron chi connectivity index (χ0n) is 22.8. The van der Waals surface area contributed by atoms with Crippen LogP contribution in [-0.2, 0) is 19.7 Å². The Morgan fingerprint density at radius 2 is 1.37 bits per heavy atom. The highest BCUT2D eigenvalue weighted by Crippen LogP contribution is 2.44. The highest BCUT2D eigenvalue weighted by molar-refractivity contribution is 5.84. The fourth-order valence-corrected chi connectivity index (χ4v) is 6.12. The van der Waals surface area contributed by atoms with E-state index in [-0.39, 0.29) is 6.61 Å². The molecule has 41 heavy (non-hydrogen) atoms. The first-order valence-electron chi connectivity index (χ1n) is 13.7. The van der Waals surface area contributed by atoms with Crippen LogP contribution in [0.3, 0.4) is 0 Å². The highest BCUT2D eigenvalue weighted by atomic mass is 16.8. The molecule has 2 fully saturated rings. The molecule has 208 valence electrons. The number of hydrogen-bond acceptors (Lipinski definition) is 8. The van der Waals surface area contributed by atoms with Crippen LogP contribution < -0.4 is 5.32 Å². The fourth-order valence-electron chi connectivity index (χ4n) is 6.12. The third kappa shape index (κ3) is 4.29. The van der Waals surface area contributed by atoms with Crippen LogP contribution in [0.15, 0.2) is 104 Å². The van der Waals surface area contributed by atoms with E-state index < -0.39 is 35.9 Å². The topological polar surface area (TPSA) is 104 Å². The Hall–Kier alpha value is -4.15. The van der Waals surface area contributed by atoms with E-state index in [9.17, 15) is 5.11 Å². The molecule has 4 atom stereocenters. The maximum atomic E-state index is 9.99. The van der Waals surface area contributed by atoms with Gasteiger partial charge in [-0.15, -0.1) is 0 Å². The van der Waals surface area contributed by atoms with Gasteiger partial charge < -0.3 is 24.6 Å². The summed E-state index contributed by atoms with van der Waals surface area (Å²) in [5, 5.41) is 13.8. The molecule has 2 aromatic heterocycles. The monoisotopic (exact) mass is 549 g/mol. The average molecular weight is 550 g/mol. The normalized spacial score (nSPS) is 23.5. The molecule has 2 N–H and O–H groups in total. The van der Waals surface area contributed by atoms with Crippen LogP contribution >= 0.6 is 0 Å². The number of benzene rings is 3. The maximum Gasteiger partial charge on any atom is 0.167 e. The van der Waals surface area contributed by atoms with Crippen LogP contribution in [0.5, 0.6) is 0 Å². The van der Waals surface area contributed by atoms with Gasteiger partial charge in [-0.25, -0.2) is 15.0 Å². The lowest BCUT2D eigenvalue weighted by Gasteiger charge is -2.37. The number of hydrogen-bond donors (Lipinski definition) is 2. The molecule has 2 aliphatic rings. The second kappa shape index (κ2) is 10.0. The van der Waals surface area contributed by atoms with Gasteiger partial charge in [0.05, 0.1) is 12.9 Å². The van der Waals surface area contributed by atoms with Crippen LogP contribution in [0.2, 0.25) is 0 Å². The Morgan fingerprint density at radius 3 is 1.93 bits per heavy atom. The van der Waals surface area contributed by atoms with Crippen LogP contribution in [0.25, 0.3) is 11.2 Å². The molecular weight excluding hydrogens is 518 g/mol. The largest absolute Gasteiger partial charge is 0.394 e. The Kier molecular flexibility index (Phi) is 6.32. The van der Waals surface area contributed by atoms with Crippen LogP contribution in [0.4, 0.5) is 5.82 Å². The summed E-state index contributed by atoms with van der Waals surface area (Å²) in [4.78, 5) is 14.1. The molecule has 0 spiro atoms. The second-order valence-electron chi connectivity index (χ2n) is 10.8. The minimum absolute atomic E-state index is 0.181. The zero-order chi connectivity index (χ0) is 28.0. The molecule has 2 aliphatic heterocycles. The number of ether oxygens (including phenoxy) is 3. The molecule has 4 heterocycles. The summed E-state index contributed by atoms with van der Waals surface area (Å²) >= 11 is 0. The van der Waals surface area contributed by atoms with Crippen molar-refractivity contribution in [2.24, 2.45) is 0 Å². The van der Waals surface area contributed by atoms with Gasteiger partial charge in [0.1, 0.15) is 30.2 Å². The maximum absolute atomic E-state index is 9.99. The standard InChI is InChI=1S/C32H31N5O4/c1-31(2)40-26-24(18-38)39-30(27(26)41-31)37-20-35-25-28(33-19-34-29(25)37)36-32(21-12-6-3-7-13-21,22-14-8-4-9-15-22)23-16-10-5-11-17-23/h3-17,19-20,24,26-27,30,38H,18H2,1-2H3,(H,33,34,36)/t24-,26+,27?,30-/m1/s1. The van der Waals surface area contributed by atoms with E-state index in [1.165, 1.54) is 6.33 Å². The third-order valence-electron chi connectivity index (χ3n) is 7.86. The molecule has 1 unspecified atom stereocenters. The summed E-state index contributed by atoms with van der Waals surface area (Å²) in [6.07, 6.45) is 1.29. The van der Waals surface area contributed by atoms with Gasteiger partial charge in [-0.05, 0) is 30.5 Å². The summed E-state index contributed by atoms with van der Waals surface area (Å²) in [5.74, 6) is -0.216. The average Bonchev–Trinajstić information content (AvgIpc) is 3.68. The number of imidazole rings is 1. The van der Waals surface area contributed by atoms with E-state index in [4.69, 9.17) is 24.2 Å². The number of rotatable bonds is 7. The molecule has 3 aromatic carbocycles. The molecule has 0 aliphatic carbocycles. The van der Waals surface area contributed by atoms with Gasteiger partial charge in [-0.2, -0.15) is 0 Å². The van der Waals surface area contributed by atoms with Crippen molar-refractivity contribution in [2.45, 2.75) is 49.7 Å². The molecular formula is C32H31N5O4.